The quantitative estimate of drug-likeness (QED) is 0.279. The van der Waals surface area contributed by atoms with E-state index < -0.39 is 39.2 Å². The maximum absolute atomic E-state index is 14.0. The maximum Gasteiger partial charge on any atom is 0.269 e. The number of anilines is 3. The Balaban J connectivity index is 1.72. The Kier molecular flexibility index (Phi) is 8.77. The molecule has 3 N–H and O–H groups in total. The Morgan fingerprint density at radius 3 is 2.08 bits per heavy atom. The Morgan fingerprint density at radius 1 is 1.00 bits per heavy atom. The lowest BCUT2D eigenvalue weighted by Crippen LogP contribution is -2.49. The number of carbonyl (C=O) groups excluding carboxylic acids is 2. The van der Waals surface area contributed by atoms with Gasteiger partial charge < -0.3 is 15.4 Å². The van der Waals surface area contributed by atoms with Crippen molar-refractivity contribution in [3.63, 3.8) is 0 Å². The number of nitro benzene ring substituents is 1. The van der Waals surface area contributed by atoms with E-state index in [9.17, 15) is 28.1 Å². The van der Waals surface area contributed by atoms with Gasteiger partial charge >= 0.3 is 0 Å². The summed E-state index contributed by atoms with van der Waals surface area (Å²) in [6.07, 6.45) is -0.612. The fourth-order valence-electron chi connectivity index (χ4n) is 4.27. The monoisotopic (exact) mass is 567 g/mol. The van der Waals surface area contributed by atoms with Crippen molar-refractivity contribution in [2.45, 2.75) is 24.3 Å². The number of ether oxygens (including phenoxy) is 1. The lowest BCUT2D eigenvalue weighted by atomic mass is 10.1. The number of nitrogens with one attached hydrogen (secondary N) is 1. The molecule has 1 fully saturated rings. The summed E-state index contributed by atoms with van der Waals surface area (Å²) in [7, 11) is -4.22. The first-order chi connectivity index (χ1) is 19.0. The summed E-state index contributed by atoms with van der Waals surface area (Å²) in [5.74, 6) is -1.68. The van der Waals surface area contributed by atoms with E-state index in [0.29, 0.717) is 32.0 Å². The molecule has 3 aromatic rings. The van der Waals surface area contributed by atoms with Crippen molar-refractivity contribution in [3.8, 4) is 0 Å². The van der Waals surface area contributed by atoms with Crippen LogP contribution in [0.25, 0.3) is 0 Å². The summed E-state index contributed by atoms with van der Waals surface area (Å²) in [5.41, 5.74) is 7.56. The van der Waals surface area contributed by atoms with Crippen LogP contribution in [0.1, 0.15) is 12.0 Å². The first-order valence-corrected chi connectivity index (χ1v) is 13.9. The second-order valence-corrected chi connectivity index (χ2v) is 10.9. The van der Waals surface area contributed by atoms with Gasteiger partial charge in [-0.05, 0) is 55.5 Å². The van der Waals surface area contributed by atoms with Crippen LogP contribution in [0.5, 0.6) is 0 Å². The van der Waals surface area contributed by atoms with E-state index in [0.717, 1.165) is 11.3 Å². The third-order valence-corrected chi connectivity index (χ3v) is 7.84. The van der Waals surface area contributed by atoms with Crippen LogP contribution >= 0.6 is 0 Å². The summed E-state index contributed by atoms with van der Waals surface area (Å²) in [6, 6.07) is 16.6. The van der Waals surface area contributed by atoms with E-state index >= 15 is 0 Å². The first-order valence-electron chi connectivity index (χ1n) is 12.4. The molecule has 0 aliphatic carbocycles. The highest BCUT2D eigenvalue weighted by molar-refractivity contribution is 7.89. The normalized spacial score (nSPS) is 14.4. The topological polar surface area (TPSA) is 165 Å². The van der Waals surface area contributed by atoms with E-state index in [1.807, 2.05) is 12.1 Å². The van der Waals surface area contributed by atoms with E-state index in [1.54, 1.807) is 31.2 Å². The molecule has 0 bridgehead atoms. The molecule has 1 aliphatic heterocycles. The van der Waals surface area contributed by atoms with E-state index in [2.05, 4.69) is 9.62 Å². The standard InChI is InChI=1S/C27H29N5O7S/c1-19-2-12-24(13-3-19)40(37,38)29-25(18-26(28)33)27(34)31(22-8-10-23(11-9-22)32(35)36)21-6-4-20(5-7-21)30-14-16-39-17-15-30/h2-13,25,29H,14-18H2,1H3,(H2,28,33)/t25-/m0/s1. The van der Waals surface area contributed by atoms with Gasteiger partial charge in [0, 0.05) is 42.3 Å². The number of rotatable bonds is 10. The van der Waals surface area contributed by atoms with Crippen LogP contribution in [0.3, 0.4) is 0 Å². The highest BCUT2D eigenvalue weighted by atomic mass is 32.2. The van der Waals surface area contributed by atoms with Gasteiger partial charge in [0.2, 0.25) is 21.8 Å². The van der Waals surface area contributed by atoms with Gasteiger partial charge in [-0.3, -0.25) is 24.6 Å². The molecule has 1 heterocycles. The van der Waals surface area contributed by atoms with Gasteiger partial charge in [0.1, 0.15) is 6.04 Å². The number of nitrogens with zero attached hydrogens (tertiary/aromatic N) is 3. The lowest BCUT2D eigenvalue weighted by Gasteiger charge is -2.30. The van der Waals surface area contributed by atoms with Crippen LogP contribution in [0.2, 0.25) is 0 Å². The number of carbonyl (C=O) groups is 2. The first kappa shape index (κ1) is 28.7. The van der Waals surface area contributed by atoms with E-state index in [-0.39, 0.29) is 16.3 Å². The molecule has 210 valence electrons. The molecule has 0 spiro atoms. The number of hydrogen-bond donors (Lipinski definition) is 2. The van der Waals surface area contributed by atoms with Crippen LogP contribution in [0.4, 0.5) is 22.7 Å². The molecule has 1 atom stereocenters. The highest BCUT2D eigenvalue weighted by Crippen LogP contribution is 2.31. The molecule has 1 aliphatic rings. The zero-order chi connectivity index (χ0) is 28.9. The Labute approximate surface area is 231 Å². The minimum Gasteiger partial charge on any atom is -0.378 e. The molecule has 4 rings (SSSR count). The molecule has 0 unspecified atom stereocenters. The average molecular weight is 568 g/mol. The molecule has 1 saturated heterocycles. The Bertz CT molecular complexity index is 1470. The zero-order valence-corrected chi connectivity index (χ0v) is 22.5. The van der Waals surface area contributed by atoms with Gasteiger partial charge in [0.15, 0.2) is 0 Å². The predicted molar refractivity (Wildman–Crippen MR) is 149 cm³/mol. The molecule has 13 heteroatoms. The smallest absolute Gasteiger partial charge is 0.269 e. The van der Waals surface area contributed by atoms with Gasteiger partial charge in [-0.15, -0.1) is 0 Å². The van der Waals surface area contributed by atoms with Crippen molar-refractivity contribution in [3.05, 3.63) is 88.5 Å². The number of hydrogen-bond acceptors (Lipinski definition) is 8. The number of nitro groups is 1. The minimum absolute atomic E-state index is 0.0860. The fourth-order valence-corrected chi connectivity index (χ4v) is 5.46. The van der Waals surface area contributed by atoms with Gasteiger partial charge in [-0.1, -0.05) is 17.7 Å². The van der Waals surface area contributed by atoms with Gasteiger partial charge in [0.25, 0.3) is 5.69 Å². The third kappa shape index (κ3) is 6.81. The second-order valence-electron chi connectivity index (χ2n) is 9.22. The summed E-state index contributed by atoms with van der Waals surface area (Å²) in [4.78, 5) is 39.8. The van der Waals surface area contributed by atoms with Crippen LogP contribution in [-0.2, 0) is 24.3 Å². The number of primary amides is 1. The highest BCUT2D eigenvalue weighted by Gasteiger charge is 2.32. The molecular formula is C27H29N5O7S. The van der Waals surface area contributed by atoms with E-state index in [4.69, 9.17) is 10.5 Å². The molecule has 40 heavy (non-hydrogen) atoms. The molecule has 0 saturated carbocycles. The zero-order valence-electron chi connectivity index (χ0n) is 21.7. The maximum atomic E-state index is 14.0. The van der Waals surface area contributed by atoms with Crippen LogP contribution in [0.15, 0.2) is 77.7 Å². The van der Waals surface area contributed by atoms with Crippen LogP contribution < -0.4 is 20.3 Å². The Hall–Kier alpha value is -4.33. The number of sulfonamides is 1. The van der Waals surface area contributed by atoms with Crippen molar-refractivity contribution in [1.82, 2.24) is 4.72 Å². The molecule has 12 nitrogen and oxygen atoms in total. The van der Waals surface area contributed by atoms with Crippen LogP contribution in [-0.4, -0.2) is 57.5 Å². The van der Waals surface area contributed by atoms with Crippen LogP contribution in [0, 0.1) is 17.0 Å². The predicted octanol–water partition coefficient (Wildman–Crippen LogP) is 2.63. The molecule has 0 aromatic heterocycles. The summed E-state index contributed by atoms with van der Waals surface area (Å²) >= 11 is 0. The van der Waals surface area contributed by atoms with Crippen molar-refractivity contribution in [2.75, 3.05) is 36.1 Å². The van der Waals surface area contributed by atoms with Crippen molar-refractivity contribution in [2.24, 2.45) is 5.73 Å². The molecular weight excluding hydrogens is 538 g/mol. The SMILES string of the molecule is Cc1ccc(S(=O)(=O)N[C@@H](CC(N)=O)C(=O)N(c2ccc(N3CCOCC3)cc2)c2ccc([N+](=O)[O-])cc2)cc1. The van der Waals surface area contributed by atoms with Crippen molar-refractivity contribution >= 4 is 44.6 Å². The van der Waals surface area contributed by atoms with E-state index in [1.165, 1.54) is 41.3 Å². The number of nitrogens with two attached hydrogens (primary N) is 1. The minimum atomic E-state index is -4.22. The number of non-ortho nitro benzene ring substituents is 1. The largest absolute Gasteiger partial charge is 0.378 e. The molecule has 2 amide bonds. The number of aryl methyl sites for hydroxylation is 1. The van der Waals surface area contributed by atoms with Gasteiger partial charge in [-0.2, -0.15) is 4.72 Å². The summed E-state index contributed by atoms with van der Waals surface area (Å²) in [6.45, 7) is 4.38. The van der Waals surface area contributed by atoms with Gasteiger partial charge in [-0.25, -0.2) is 8.42 Å². The number of benzene rings is 3. The van der Waals surface area contributed by atoms with Crippen molar-refractivity contribution in [1.29, 1.82) is 0 Å². The lowest BCUT2D eigenvalue weighted by molar-refractivity contribution is -0.384. The molecule has 3 aromatic carbocycles. The second kappa shape index (κ2) is 12.2. The molecule has 0 radical (unpaired) electrons. The summed E-state index contributed by atoms with van der Waals surface area (Å²) < 4.78 is 34.0. The third-order valence-electron chi connectivity index (χ3n) is 6.36. The summed E-state index contributed by atoms with van der Waals surface area (Å²) in [5, 5.41) is 11.2. The number of morpholine rings is 1. The fraction of sp³-hybridized carbons (Fsp3) is 0.259. The Morgan fingerprint density at radius 2 is 1.55 bits per heavy atom. The van der Waals surface area contributed by atoms with Crippen molar-refractivity contribution < 1.29 is 27.7 Å². The number of amides is 2. The average Bonchev–Trinajstić information content (AvgIpc) is 2.94. The van der Waals surface area contributed by atoms with Gasteiger partial charge in [0.05, 0.1) is 29.5 Å².